The minimum Gasteiger partial charge on any atom is -0.472 e. The number of rotatable bonds is 4. The predicted molar refractivity (Wildman–Crippen MR) is 85.5 cm³/mol. The maximum atomic E-state index is 13.1. The van der Waals surface area contributed by atoms with Crippen LogP contribution >= 0.6 is 0 Å². The third kappa shape index (κ3) is 2.57. The zero-order valence-corrected chi connectivity index (χ0v) is 13.7. The predicted octanol–water partition coefficient (Wildman–Crippen LogP) is 2.45. The number of benzene rings is 1. The van der Waals surface area contributed by atoms with Crippen molar-refractivity contribution in [2.24, 2.45) is 5.92 Å². The van der Waals surface area contributed by atoms with Gasteiger partial charge in [-0.15, -0.1) is 0 Å². The number of halogens is 1. The summed E-state index contributed by atoms with van der Waals surface area (Å²) < 4.78 is 46.3. The van der Waals surface area contributed by atoms with Gasteiger partial charge in [0.15, 0.2) is 0 Å². The first-order valence-electron chi connectivity index (χ1n) is 7.91. The second-order valence-electron chi connectivity index (χ2n) is 6.18. The van der Waals surface area contributed by atoms with Gasteiger partial charge in [0.25, 0.3) is 0 Å². The van der Waals surface area contributed by atoms with Crippen molar-refractivity contribution in [3.8, 4) is 5.88 Å². The summed E-state index contributed by atoms with van der Waals surface area (Å²) in [5.74, 6) is 0.223. The summed E-state index contributed by atoms with van der Waals surface area (Å²) in [5.41, 5.74) is 0. The molecule has 2 aromatic rings. The standard InChI is InChI=1S/C17H17FN2O3S/c18-13-5-7-14(8-6-13)24(21,22)20-11-12-4-9-15(20)17(12)23-16-3-1-2-10-19-16/h1-3,5-8,10,12,15,17H,4,9,11H2/t12-,15+,17+/m1/s1. The van der Waals surface area contributed by atoms with Crippen molar-refractivity contribution in [2.75, 3.05) is 6.54 Å². The highest BCUT2D eigenvalue weighted by atomic mass is 32.2. The van der Waals surface area contributed by atoms with E-state index in [0.717, 1.165) is 12.8 Å². The molecular formula is C17H17FN2O3S. The third-order valence-corrected chi connectivity index (χ3v) is 6.68. The van der Waals surface area contributed by atoms with Gasteiger partial charge in [-0.05, 0) is 43.2 Å². The molecule has 0 amide bonds. The Kier molecular flexibility index (Phi) is 3.77. The number of fused-ring (bicyclic) bond motifs is 2. The van der Waals surface area contributed by atoms with Gasteiger partial charge >= 0.3 is 0 Å². The Bertz CT molecular complexity index is 827. The molecule has 2 fully saturated rings. The zero-order chi connectivity index (χ0) is 16.7. The average Bonchev–Trinajstić information content (AvgIpc) is 3.13. The molecule has 0 radical (unpaired) electrons. The first kappa shape index (κ1) is 15.5. The van der Waals surface area contributed by atoms with Crippen LogP contribution in [0.1, 0.15) is 12.8 Å². The van der Waals surface area contributed by atoms with Crippen LogP contribution in [0, 0.1) is 11.7 Å². The fourth-order valence-corrected chi connectivity index (χ4v) is 5.37. The van der Waals surface area contributed by atoms with Gasteiger partial charge in [0.1, 0.15) is 11.9 Å². The molecule has 126 valence electrons. The highest BCUT2D eigenvalue weighted by Gasteiger charge is 2.53. The Morgan fingerprint density at radius 3 is 2.62 bits per heavy atom. The van der Waals surface area contributed by atoms with Gasteiger partial charge in [-0.1, -0.05) is 6.07 Å². The Morgan fingerprint density at radius 2 is 1.92 bits per heavy atom. The van der Waals surface area contributed by atoms with Crippen LogP contribution in [0.5, 0.6) is 5.88 Å². The van der Waals surface area contributed by atoms with Crippen molar-refractivity contribution < 1.29 is 17.5 Å². The van der Waals surface area contributed by atoms with E-state index in [1.807, 2.05) is 6.07 Å². The first-order valence-corrected chi connectivity index (χ1v) is 9.35. The zero-order valence-electron chi connectivity index (χ0n) is 12.9. The molecule has 1 aliphatic carbocycles. The van der Waals surface area contributed by atoms with E-state index >= 15 is 0 Å². The van der Waals surface area contributed by atoms with Crippen LogP contribution in [0.2, 0.25) is 0 Å². The van der Waals surface area contributed by atoms with E-state index in [9.17, 15) is 12.8 Å². The highest BCUT2D eigenvalue weighted by Crippen LogP contribution is 2.42. The number of nitrogens with zero attached hydrogens (tertiary/aromatic N) is 2. The van der Waals surface area contributed by atoms with E-state index in [0.29, 0.717) is 12.4 Å². The molecule has 2 heterocycles. The van der Waals surface area contributed by atoms with Crippen LogP contribution in [0.15, 0.2) is 53.6 Å². The molecule has 2 bridgehead atoms. The number of pyridine rings is 1. The monoisotopic (exact) mass is 348 g/mol. The Labute approximate surface area is 140 Å². The molecule has 0 unspecified atom stereocenters. The van der Waals surface area contributed by atoms with E-state index in [4.69, 9.17) is 4.74 Å². The number of ether oxygens (including phenoxy) is 1. The molecule has 0 spiro atoms. The van der Waals surface area contributed by atoms with Crippen LogP contribution < -0.4 is 4.74 Å². The lowest BCUT2D eigenvalue weighted by atomic mass is 10.1. The van der Waals surface area contributed by atoms with Crippen LogP contribution in [0.25, 0.3) is 0 Å². The topological polar surface area (TPSA) is 59.5 Å². The molecule has 0 N–H and O–H groups in total. The van der Waals surface area contributed by atoms with E-state index in [-0.39, 0.29) is 23.0 Å². The fourth-order valence-electron chi connectivity index (χ4n) is 3.65. The summed E-state index contributed by atoms with van der Waals surface area (Å²) in [6, 6.07) is 10.2. The lowest BCUT2D eigenvalue weighted by Crippen LogP contribution is -2.40. The summed E-state index contributed by atoms with van der Waals surface area (Å²) in [7, 11) is -3.65. The molecule has 7 heteroatoms. The first-order chi connectivity index (χ1) is 11.6. The molecule has 2 aliphatic rings. The Morgan fingerprint density at radius 1 is 1.12 bits per heavy atom. The van der Waals surface area contributed by atoms with Crippen molar-refractivity contribution in [1.29, 1.82) is 0 Å². The summed E-state index contributed by atoms with van der Waals surface area (Å²) >= 11 is 0. The van der Waals surface area contributed by atoms with Crippen LogP contribution in [-0.4, -0.2) is 36.4 Å². The highest BCUT2D eigenvalue weighted by molar-refractivity contribution is 7.89. The number of hydrogen-bond donors (Lipinski definition) is 0. The van der Waals surface area contributed by atoms with Gasteiger partial charge in [-0.25, -0.2) is 17.8 Å². The molecule has 4 rings (SSSR count). The minimum atomic E-state index is -3.65. The maximum absolute atomic E-state index is 13.1. The minimum absolute atomic E-state index is 0.119. The molecule has 24 heavy (non-hydrogen) atoms. The summed E-state index contributed by atoms with van der Waals surface area (Å²) in [6.07, 6.45) is 3.18. The number of sulfonamides is 1. The van der Waals surface area contributed by atoms with Crippen molar-refractivity contribution in [2.45, 2.75) is 29.9 Å². The van der Waals surface area contributed by atoms with Crippen molar-refractivity contribution in [3.05, 3.63) is 54.5 Å². The Balaban J connectivity index is 1.59. The summed E-state index contributed by atoms with van der Waals surface area (Å²) in [4.78, 5) is 4.28. The second kappa shape index (κ2) is 5.82. The fraction of sp³-hybridized carbons (Fsp3) is 0.353. The van der Waals surface area contributed by atoms with Crippen molar-refractivity contribution >= 4 is 10.0 Å². The normalized spacial score (nSPS) is 26.6. The average molecular weight is 348 g/mol. The van der Waals surface area contributed by atoms with Gasteiger partial charge in [-0.3, -0.25) is 0 Å². The molecular weight excluding hydrogens is 331 g/mol. The van der Waals surface area contributed by atoms with E-state index in [1.54, 1.807) is 18.3 Å². The molecule has 5 nitrogen and oxygen atoms in total. The summed E-state index contributed by atoms with van der Waals surface area (Å²) in [5, 5.41) is 0. The van der Waals surface area contributed by atoms with Crippen LogP contribution in [0.4, 0.5) is 4.39 Å². The largest absolute Gasteiger partial charge is 0.472 e. The molecule has 1 saturated carbocycles. The smallest absolute Gasteiger partial charge is 0.243 e. The van der Waals surface area contributed by atoms with Gasteiger partial charge in [0, 0.05) is 24.7 Å². The second-order valence-corrected chi connectivity index (χ2v) is 8.07. The van der Waals surface area contributed by atoms with Crippen molar-refractivity contribution in [3.63, 3.8) is 0 Å². The number of aromatic nitrogens is 1. The Hall–Kier alpha value is -1.99. The third-order valence-electron chi connectivity index (χ3n) is 4.78. The van der Waals surface area contributed by atoms with E-state index in [2.05, 4.69) is 4.98 Å². The number of hydrogen-bond acceptors (Lipinski definition) is 4. The molecule has 3 atom stereocenters. The van der Waals surface area contributed by atoms with Gasteiger partial charge in [-0.2, -0.15) is 4.31 Å². The van der Waals surface area contributed by atoms with Gasteiger partial charge < -0.3 is 4.74 Å². The van der Waals surface area contributed by atoms with Crippen LogP contribution in [-0.2, 0) is 10.0 Å². The molecule has 1 saturated heterocycles. The van der Waals surface area contributed by atoms with E-state index < -0.39 is 15.8 Å². The molecule has 1 aliphatic heterocycles. The molecule has 1 aromatic carbocycles. The quantitative estimate of drug-likeness (QED) is 0.852. The van der Waals surface area contributed by atoms with Crippen molar-refractivity contribution in [1.82, 2.24) is 9.29 Å². The maximum Gasteiger partial charge on any atom is 0.243 e. The van der Waals surface area contributed by atoms with Crippen LogP contribution in [0.3, 0.4) is 0 Å². The lowest BCUT2D eigenvalue weighted by molar-refractivity contribution is 0.161. The van der Waals surface area contributed by atoms with Gasteiger partial charge in [0.05, 0.1) is 10.9 Å². The lowest BCUT2D eigenvalue weighted by Gasteiger charge is -2.26. The van der Waals surface area contributed by atoms with E-state index in [1.165, 1.54) is 28.6 Å². The van der Waals surface area contributed by atoms with Gasteiger partial charge in [0.2, 0.25) is 15.9 Å². The molecule has 1 aromatic heterocycles. The number of piperidine rings is 1. The SMILES string of the molecule is O=S(=O)(c1ccc(F)cc1)N1C[C@H]2CC[C@H]1[C@H]2Oc1ccccn1. The summed E-state index contributed by atoms with van der Waals surface area (Å²) in [6.45, 7) is 0.432.